The molecule has 0 atom stereocenters. The van der Waals surface area contributed by atoms with E-state index < -0.39 is 0 Å². The highest BCUT2D eigenvalue weighted by atomic mass is 16.5. The maximum atomic E-state index is 5.41. The third kappa shape index (κ3) is 11.8. The van der Waals surface area contributed by atoms with Gasteiger partial charge >= 0.3 is 0 Å². The van der Waals surface area contributed by atoms with Gasteiger partial charge in [-0.15, -0.1) is 0 Å². The van der Waals surface area contributed by atoms with Crippen LogP contribution in [0.15, 0.2) is 24.3 Å². The highest BCUT2D eigenvalue weighted by molar-refractivity contribution is 5.63. The van der Waals surface area contributed by atoms with E-state index in [4.69, 9.17) is 14.7 Å². The molecule has 0 spiro atoms. The molecular weight excluding hydrogens is 460 g/mol. The van der Waals surface area contributed by atoms with Crippen LogP contribution in [0.1, 0.15) is 66.1 Å². The number of anilines is 2. The van der Waals surface area contributed by atoms with Gasteiger partial charge in [0.1, 0.15) is 5.82 Å². The summed E-state index contributed by atoms with van der Waals surface area (Å²) in [5.74, 6) is 1.64. The minimum Gasteiger partial charge on any atom is -0.380 e. The number of hydrogen-bond donors (Lipinski definition) is 1. The van der Waals surface area contributed by atoms with Crippen molar-refractivity contribution in [1.29, 1.82) is 0 Å². The predicted molar refractivity (Wildman–Crippen MR) is 163 cm³/mol. The van der Waals surface area contributed by atoms with Crippen molar-refractivity contribution in [1.82, 2.24) is 19.8 Å². The summed E-state index contributed by atoms with van der Waals surface area (Å²) in [5, 5.41) is 3.53. The molecule has 1 aromatic carbocycles. The van der Waals surface area contributed by atoms with Crippen LogP contribution in [-0.2, 0) is 11.3 Å². The summed E-state index contributed by atoms with van der Waals surface area (Å²) >= 11 is 0. The van der Waals surface area contributed by atoms with E-state index in [2.05, 4.69) is 65.3 Å². The molecule has 7 nitrogen and oxygen atoms in total. The summed E-state index contributed by atoms with van der Waals surface area (Å²) in [6, 6.07) is 8.66. The Hall–Kier alpha value is -2.22. The Morgan fingerprint density at radius 2 is 1.54 bits per heavy atom. The molecule has 2 heterocycles. The molecule has 37 heavy (non-hydrogen) atoms. The van der Waals surface area contributed by atoms with Crippen molar-refractivity contribution in [3.05, 3.63) is 35.5 Å². The Kier molecular flexibility index (Phi) is 19.5. The topological polar surface area (TPSA) is 56.8 Å². The van der Waals surface area contributed by atoms with Gasteiger partial charge in [-0.05, 0) is 64.8 Å². The van der Waals surface area contributed by atoms with Crippen LogP contribution in [-0.4, -0.2) is 86.8 Å². The fourth-order valence-corrected chi connectivity index (χ4v) is 3.79. The van der Waals surface area contributed by atoms with E-state index in [9.17, 15) is 0 Å². The standard InChI is InChI=1S/C24H38N6O.3C2H6/c1-6-28(3)13-7-12-25-24-22(18-31-5)19(2)26-23(27-24)20-8-10-21(11-9-20)30-16-14-29(4)15-17-30;3*1-2/h8-11H,6-7,12-18H2,1-5H3,(H,25,26,27);3*1-2H3. The summed E-state index contributed by atoms with van der Waals surface area (Å²) in [4.78, 5) is 16.8. The zero-order chi connectivity index (χ0) is 28.2. The van der Waals surface area contributed by atoms with E-state index in [0.29, 0.717) is 6.61 Å². The van der Waals surface area contributed by atoms with Crippen molar-refractivity contribution < 1.29 is 4.74 Å². The Morgan fingerprint density at radius 1 is 0.946 bits per heavy atom. The number of nitrogens with one attached hydrogen (secondary N) is 1. The lowest BCUT2D eigenvalue weighted by Gasteiger charge is -2.34. The summed E-state index contributed by atoms with van der Waals surface area (Å²) in [6.07, 6.45) is 1.06. The van der Waals surface area contributed by atoms with Gasteiger partial charge in [-0.1, -0.05) is 48.5 Å². The van der Waals surface area contributed by atoms with E-state index in [1.54, 1.807) is 7.11 Å². The minimum atomic E-state index is 0.506. The van der Waals surface area contributed by atoms with E-state index in [0.717, 1.165) is 80.7 Å². The smallest absolute Gasteiger partial charge is 0.161 e. The monoisotopic (exact) mass is 516 g/mol. The molecule has 3 rings (SSSR count). The first-order valence-electron chi connectivity index (χ1n) is 14.3. The van der Waals surface area contributed by atoms with Crippen LogP contribution >= 0.6 is 0 Å². The Labute approximate surface area is 228 Å². The highest BCUT2D eigenvalue weighted by Gasteiger charge is 2.16. The first-order valence-corrected chi connectivity index (χ1v) is 14.3. The zero-order valence-electron chi connectivity index (χ0n) is 25.8. The van der Waals surface area contributed by atoms with Gasteiger partial charge in [0.05, 0.1) is 6.61 Å². The average molecular weight is 517 g/mol. The van der Waals surface area contributed by atoms with Gasteiger partial charge in [0.2, 0.25) is 0 Å². The molecule has 1 aromatic heterocycles. The number of nitrogens with zero attached hydrogens (tertiary/aromatic N) is 5. The normalized spacial score (nSPS) is 13.0. The fourth-order valence-electron chi connectivity index (χ4n) is 3.79. The number of methoxy groups -OCH3 is 1. The number of aryl methyl sites for hydroxylation is 1. The lowest BCUT2D eigenvalue weighted by atomic mass is 10.1. The summed E-state index contributed by atoms with van der Waals surface area (Å²) in [5.41, 5.74) is 4.30. The third-order valence-electron chi connectivity index (χ3n) is 6.05. The Balaban J connectivity index is 0.00000201. The molecule has 212 valence electrons. The zero-order valence-corrected chi connectivity index (χ0v) is 25.8. The van der Waals surface area contributed by atoms with Crippen molar-refractivity contribution in [3.63, 3.8) is 0 Å². The van der Waals surface area contributed by atoms with Crippen LogP contribution in [0.25, 0.3) is 11.4 Å². The van der Waals surface area contributed by atoms with Crippen LogP contribution in [0.2, 0.25) is 0 Å². The summed E-state index contributed by atoms with van der Waals surface area (Å²) in [6.45, 7) is 24.1. The Morgan fingerprint density at radius 3 is 2.08 bits per heavy atom. The number of rotatable bonds is 10. The van der Waals surface area contributed by atoms with Gasteiger partial charge in [-0.2, -0.15) is 0 Å². The second kappa shape index (κ2) is 20.8. The van der Waals surface area contributed by atoms with Gasteiger partial charge in [-0.25, -0.2) is 9.97 Å². The van der Waals surface area contributed by atoms with Crippen molar-refractivity contribution in [2.45, 2.75) is 68.4 Å². The van der Waals surface area contributed by atoms with Crippen LogP contribution < -0.4 is 10.2 Å². The molecule has 1 aliphatic heterocycles. The molecule has 1 saturated heterocycles. The number of ether oxygens (including phenoxy) is 1. The molecule has 0 amide bonds. The van der Waals surface area contributed by atoms with Gasteiger partial charge in [0.25, 0.3) is 0 Å². The molecule has 0 saturated carbocycles. The number of benzene rings is 1. The first-order chi connectivity index (χ1) is 18.0. The summed E-state index contributed by atoms with van der Waals surface area (Å²) in [7, 11) is 6.04. The largest absolute Gasteiger partial charge is 0.380 e. The van der Waals surface area contributed by atoms with Crippen molar-refractivity contribution in [2.24, 2.45) is 0 Å². The molecule has 0 unspecified atom stereocenters. The molecule has 1 aliphatic rings. The van der Waals surface area contributed by atoms with Crippen LogP contribution in [0.4, 0.5) is 11.5 Å². The van der Waals surface area contributed by atoms with Crippen LogP contribution in [0.3, 0.4) is 0 Å². The maximum absolute atomic E-state index is 5.41. The predicted octanol–water partition coefficient (Wildman–Crippen LogP) is 6.18. The second-order valence-electron chi connectivity index (χ2n) is 8.41. The lowest BCUT2D eigenvalue weighted by molar-refractivity contribution is 0.184. The van der Waals surface area contributed by atoms with Crippen LogP contribution in [0.5, 0.6) is 0 Å². The number of piperazine rings is 1. The number of hydrogen-bond acceptors (Lipinski definition) is 7. The van der Waals surface area contributed by atoms with Crippen LogP contribution in [0, 0.1) is 6.92 Å². The van der Waals surface area contributed by atoms with E-state index in [1.165, 1.54) is 5.69 Å². The maximum Gasteiger partial charge on any atom is 0.161 e. The highest BCUT2D eigenvalue weighted by Crippen LogP contribution is 2.25. The molecule has 2 aromatic rings. The van der Waals surface area contributed by atoms with Crippen molar-refractivity contribution >= 4 is 11.5 Å². The Bertz CT molecular complexity index is 820. The fraction of sp³-hybridized carbons (Fsp3) is 0.667. The number of aromatic nitrogens is 2. The van der Waals surface area contributed by atoms with Gasteiger partial charge in [0.15, 0.2) is 5.82 Å². The molecular formula is C30H56N6O. The quantitative estimate of drug-likeness (QED) is 0.378. The van der Waals surface area contributed by atoms with E-state index >= 15 is 0 Å². The average Bonchev–Trinajstić information content (AvgIpc) is 2.96. The van der Waals surface area contributed by atoms with E-state index in [1.807, 2.05) is 48.5 Å². The minimum absolute atomic E-state index is 0.506. The molecule has 0 aliphatic carbocycles. The number of likely N-dealkylation sites (N-methyl/N-ethyl adjacent to an activating group) is 1. The SMILES string of the molecule is CC.CC.CC.CCN(C)CCCNc1nc(-c2ccc(N3CCN(C)CC3)cc2)nc(C)c1COC. The molecule has 1 fully saturated rings. The van der Waals surface area contributed by atoms with Gasteiger partial charge in [0, 0.05) is 62.3 Å². The summed E-state index contributed by atoms with van der Waals surface area (Å²) < 4.78 is 5.41. The lowest BCUT2D eigenvalue weighted by Crippen LogP contribution is -2.44. The van der Waals surface area contributed by atoms with Crippen molar-refractivity contribution in [2.75, 3.05) is 77.2 Å². The third-order valence-corrected chi connectivity index (χ3v) is 6.05. The van der Waals surface area contributed by atoms with Gasteiger partial charge in [-0.3, -0.25) is 0 Å². The van der Waals surface area contributed by atoms with Crippen molar-refractivity contribution in [3.8, 4) is 11.4 Å². The van der Waals surface area contributed by atoms with Gasteiger partial charge < -0.3 is 24.8 Å². The molecule has 0 bridgehead atoms. The molecule has 7 heteroatoms. The van der Waals surface area contributed by atoms with E-state index in [-0.39, 0.29) is 0 Å². The first kappa shape index (κ1) is 34.8. The molecule has 1 N–H and O–H groups in total. The second-order valence-corrected chi connectivity index (χ2v) is 8.41. The molecule has 0 radical (unpaired) electrons.